The number of hydrogen-bond donors (Lipinski definition) is 2. The summed E-state index contributed by atoms with van der Waals surface area (Å²) in [5, 5.41) is 6.68. The van der Waals surface area contributed by atoms with Crippen molar-refractivity contribution in [3.05, 3.63) is 29.8 Å². The number of guanidine groups is 1. The third kappa shape index (κ3) is 9.99. The Hall–Kier alpha value is -1.07. The summed E-state index contributed by atoms with van der Waals surface area (Å²) in [6.45, 7) is 8.25. The number of nitrogens with zero attached hydrogens (tertiary/aromatic N) is 2. The number of ether oxygens (including phenoxy) is 1. The van der Waals surface area contributed by atoms with Crippen molar-refractivity contribution in [3.8, 4) is 0 Å². The van der Waals surface area contributed by atoms with Crippen molar-refractivity contribution < 1.29 is 13.2 Å². The molecule has 1 atom stereocenters. The molecule has 1 aliphatic heterocycles. The lowest BCUT2D eigenvalue weighted by atomic mass is 10.1. The van der Waals surface area contributed by atoms with Crippen molar-refractivity contribution in [2.75, 3.05) is 56.3 Å². The summed E-state index contributed by atoms with van der Waals surface area (Å²) >= 11 is 0. The van der Waals surface area contributed by atoms with Gasteiger partial charge in [-0.25, -0.2) is 8.42 Å². The first-order chi connectivity index (χ1) is 13.4. The summed E-state index contributed by atoms with van der Waals surface area (Å²) in [5.74, 6) is 0.771. The third-order valence-corrected chi connectivity index (χ3v) is 5.55. The molecule has 9 heteroatoms. The number of nitrogens with one attached hydrogen (secondary N) is 2. The summed E-state index contributed by atoms with van der Waals surface area (Å²) in [6, 6.07) is 8.79. The quantitative estimate of drug-likeness (QED) is 0.206. The van der Waals surface area contributed by atoms with Crippen LogP contribution in [-0.4, -0.2) is 65.8 Å². The van der Waals surface area contributed by atoms with E-state index in [-0.39, 0.29) is 42.4 Å². The minimum absolute atomic E-state index is 0. The van der Waals surface area contributed by atoms with Gasteiger partial charge < -0.3 is 20.3 Å². The van der Waals surface area contributed by atoms with E-state index in [1.165, 1.54) is 30.3 Å². The fourth-order valence-electron chi connectivity index (χ4n) is 3.11. The van der Waals surface area contributed by atoms with E-state index in [1.807, 2.05) is 6.92 Å². The maximum Gasteiger partial charge on any atom is 0.191 e. The zero-order valence-corrected chi connectivity index (χ0v) is 20.8. The van der Waals surface area contributed by atoms with Crippen molar-refractivity contribution >= 4 is 45.5 Å². The molecule has 0 radical (unpaired) electrons. The number of hydrogen-bond acceptors (Lipinski definition) is 5. The SMILES string of the molecule is CCNC(=NCCOCCS(C)(=O)=O)NC(C)c1cccc(N2CCCC2)c1.I. The first-order valence-electron chi connectivity index (χ1n) is 10.0. The lowest BCUT2D eigenvalue weighted by Gasteiger charge is -2.22. The highest BCUT2D eigenvalue weighted by Crippen LogP contribution is 2.23. The Labute approximate surface area is 192 Å². The normalized spacial score (nSPS) is 15.7. The molecule has 2 rings (SSSR count). The van der Waals surface area contributed by atoms with E-state index >= 15 is 0 Å². The second-order valence-corrected chi connectivity index (χ2v) is 9.42. The molecule has 29 heavy (non-hydrogen) atoms. The Morgan fingerprint density at radius 3 is 2.66 bits per heavy atom. The maximum atomic E-state index is 11.1. The van der Waals surface area contributed by atoms with Crippen LogP contribution in [0.5, 0.6) is 0 Å². The summed E-state index contributed by atoms with van der Waals surface area (Å²) < 4.78 is 27.5. The van der Waals surface area contributed by atoms with Crippen molar-refractivity contribution in [3.63, 3.8) is 0 Å². The molecule has 0 amide bonds. The van der Waals surface area contributed by atoms with Crippen molar-refractivity contribution in [1.82, 2.24) is 10.6 Å². The molecule has 1 aliphatic rings. The van der Waals surface area contributed by atoms with Crippen LogP contribution in [0.15, 0.2) is 29.3 Å². The fraction of sp³-hybridized carbons (Fsp3) is 0.650. The second-order valence-electron chi connectivity index (χ2n) is 7.16. The van der Waals surface area contributed by atoms with Crippen LogP contribution < -0.4 is 15.5 Å². The van der Waals surface area contributed by atoms with Gasteiger partial charge in [-0.1, -0.05) is 12.1 Å². The molecule has 0 aromatic heterocycles. The Morgan fingerprint density at radius 1 is 1.28 bits per heavy atom. The van der Waals surface area contributed by atoms with E-state index in [9.17, 15) is 8.42 Å². The van der Waals surface area contributed by atoms with E-state index in [0.29, 0.717) is 13.2 Å². The predicted molar refractivity (Wildman–Crippen MR) is 131 cm³/mol. The molecule has 7 nitrogen and oxygen atoms in total. The van der Waals surface area contributed by atoms with E-state index < -0.39 is 9.84 Å². The van der Waals surface area contributed by atoms with Gasteiger partial charge in [-0.05, 0) is 44.4 Å². The van der Waals surface area contributed by atoms with Crippen molar-refractivity contribution in [2.24, 2.45) is 4.99 Å². The maximum absolute atomic E-state index is 11.1. The topological polar surface area (TPSA) is 83.0 Å². The molecular formula is C20H35IN4O3S. The average molecular weight is 538 g/mol. The standard InChI is InChI=1S/C20H34N4O3S.HI/c1-4-21-20(22-10-13-27-14-15-28(3,25)26)23-17(2)18-8-7-9-19(16-18)24-11-5-6-12-24;/h7-9,16-17H,4-6,10-15H2,1-3H3,(H2,21,22,23);1H. The largest absolute Gasteiger partial charge is 0.378 e. The van der Waals surface area contributed by atoms with Crippen molar-refractivity contribution in [2.45, 2.75) is 32.7 Å². The van der Waals surface area contributed by atoms with Crippen LogP contribution in [0, 0.1) is 0 Å². The number of aliphatic imine (C=N–C) groups is 1. The Balaban J connectivity index is 0.00000420. The van der Waals surface area contributed by atoms with Crippen LogP contribution in [-0.2, 0) is 14.6 Å². The van der Waals surface area contributed by atoms with Crippen LogP contribution in [0.1, 0.15) is 38.3 Å². The summed E-state index contributed by atoms with van der Waals surface area (Å²) in [7, 11) is -2.98. The number of rotatable bonds is 10. The molecule has 1 unspecified atom stereocenters. The first kappa shape index (κ1) is 26.0. The van der Waals surface area contributed by atoms with Crippen LogP contribution >= 0.6 is 24.0 Å². The molecule has 0 bridgehead atoms. The smallest absolute Gasteiger partial charge is 0.191 e. The van der Waals surface area contributed by atoms with Gasteiger partial charge in [0.1, 0.15) is 9.84 Å². The van der Waals surface area contributed by atoms with Gasteiger partial charge in [-0.15, -0.1) is 24.0 Å². The first-order valence-corrected chi connectivity index (χ1v) is 12.1. The lowest BCUT2D eigenvalue weighted by Crippen LogP contribution is -2.39. The second kappa shape index (κ2) is 13.3. The van der Waals surface area contributed by atoms with Gasteiger partial charge >= 0.3 is 0 Å². The molecule has 1 aromatic carbocycles. The minimum Gasteiger partial charge on any atom is -0.378 e. The highest BCUT2D eigenvalue weighted by molar-refractivity contribution is 14.0. The molecule has 2 N–H and O–H groups in total. The van der Waals surface area contributed by atoms with E-state index in [1.54, 1.807) is 0 Å². The number of benzene rings is 1. The van der Waals surface area contributed by atoms with Gasteiger partial charge in [0.05, 0.1) is 31.6 Å². The minimum atomic E-state index is -2.98. The third-order valence-electron chi connectivity index (χ3n) is 4.64. The molecule has 1 fully saturated rings. The predicted octanol–water partition coefficient (Wildman–Crippen LogP) is 2.58. The number of anilines is 1. The van der Waals surface area contributed by atoms with Gasteiger partial charge in [0.2, 0.25) is 0 Å². The molecule has 1 aromatic rings. The van der Waals surface area contributed by atoms with E-state index in [0.717, 1.165) is 25.6 Å². The number of halogens is 1. The van der Waals surface area contributed by atoms with Crippen molar-refractivity contribution in [1.29, 1.82) is 0 Å². The van der Waals surface area contributed by atoms with Gasteiger partial charge in [0, 0.05) is 31.6 Å². The molecule has 0 aliphatic carbocycles. The summed E-state index contributed by atoms with van der Waals surface area (Å²) in [6.07, 6.45) is 3.74. The Bertz CT molecular complexity index is 737. The molecule has 1 heterocycles. The molecule has 1 saturated heterocycles. The number of sulfone groups is 1. The van der Waals surface area contributed by atoms with Crippen LogP contribution in [0.4, 0.5) is 5.69 Å². The van der Waals surface area contributed by atoms with Gasteiger partial charge in [0.25, 0.3) is 0 Å². The molecular weight excluding hydrogens is 503 g/mol. The highest BCUT2D eigenvalue weighted by Gasteiger charge is 2.14. The van der Waals surface area contributed by atoms with Crippen LogP contribution in [0.2, 0.25) is 0 Å². The van der Waals surface area contributed by atoms with Crippen LogP contribution in [0.25, 0.3) is 0 Å². The highest BCUT2D eigenvalue weighted by atomic mass is 127. The Kier molecular flexibility index (Phi) is 11.9. The zero-order valence-electron chi connectivity index (χ0n) is 17.7. The molecule has 0 saturated carbocycles. The van der Waals surface area contributed by atoms with Gasteiger partial charge in [-0.3, -0.25) is 4.99 Å². The lowest BCUT2D eigenvalue weighted by molar-refractivity contribution is 0.157. The fourth-order valence-corrected chi connectivity index (χ4v) is 3.53. The monoisotopic (exact) mass is 538 g/mol. The average Bonchev–Trinajstić information content (AvgIpc) is 3.18. The molecule has 166 valence electrons. The summed E-state index contributed by atoms with van der Waals surface area (Å²) in [4.78, 5) is 6.96. The van der Waals surface area contributed by atoms with Gasteiger partial charge in [-0.2, -0.15) is 0 Å². The van der Waals surface area contributed by atoms with E-state index in [2.05, 4.69) is 51.7 Å². The summed E-state index contributed by atoms with van der Waals surface area (Å²) in [5.41, 5.74) is 2.50. The van der Waals surface area contributed by atoms with Gasteiger partial charge in [0.15, 0.2) is 5.96 Å². The molecule has 0 spiro atoms. The van der Waals surface area contributed by atoms with E-state index in [4.69, 9.17) is 4.74 Å². The zero-order chi connectivity index (χ0) is 20.4. The van der Waals surface area contributed by atoms with Crippen LogP contribution in [0.3, 0.4) is 0 Å². The Morgan fingerprint density at radius 2 is 2.00 bits per heavy atom.